The summed E-state index contributed by atoms with van der Waals surface area (Å²) in [5, 5.41) is 0. The van der Waals surface area contributed by atoms with Gasteiger partial charge >= 0.3 is 0 Å². The maximum atomic E-state index is 2.74. The van der Waals surface area contributed by atoms with Crippen molar-refractivity contribution in [3.63, 3.8) is 0 Å². The summed E-state index contributed by atoms with van der Waals surface area (Å²) in [7, 11) is 2.23. The third kappa shape index (κ3) is 1.82. The highest BCUT2D eigenvalue weighted by atomic mass is 15.3. The van der Waals surface area contributed by atoms with Crippen molar-refractivity contribution < 1.29 is 0 Å². The van der Waals surface area contributed by atoms with Gasteiger partial charge in [0.15, 0.2) is 0 Å². The highest BCUT2D eigenvalue weighted by Crippen LogP contribution is 2.39. The van der Waals surface area contributed by atoms with Crippen molar-refractivity contribution in [2.24, 2.45) is 11.8 Å². The summed E-state index contributed by atoms with van der Waals surface area (Å²) in [6.45, 7) is 9.89. The fraction of sp³-hybridized carbons (Fsp3) is 1.00. The molecule has 0 aromatic heterocycles. The van der Waals surface area contributed by atoms with Crippen LogP contribution in [0.15, 0.2) is 0 Å². The third-order valence-electron chi connectivity index (χ3n) is 4.22. The van der Waals surface area contributed by atoms with Crippen LogP contribution in [-0.4, -0.2) is 49.1 Å². The normalized spacial score (nSPS) is 40.9. The number of likely N-dealkylation sites (N-methyl/N-ethyl adjacent to an activating group) is 1. The highest BCUT2D eigenvalue weighted by Gasteiger charge is 2.40. The molecule has 0 spiro atoms. The summed E-state index contributed by atoms with van der Waals surface area (Å²) in [6, 6.07) is 0.911. The van der Waals surface area contributed by atoms with E-state index in [9.17, 15) is 0 Å². The maximum absolute atomic E-state index is 2.74. The molecule has 2 nitrogen and oxygen atoms in total. The average molecular weight is 196 g/mol. The predicted molar refractivity (Wildman–Crippen MR) is 60.4 cm³/mol. The summed E-state index contributed by atoms with van der Waals surface area (Å²) >= 11 is 0. The minimum atomic E-state index is 0.911. The van der Waals surface area contributed by atoms with Crippen molar-refractivity contribution in [3.05, 3.63) is 0 Å². The van der Waals surface area contributed by atoms with Gasteiger partial charge in [0.05, 0.1) is 0 Å². The molecule has 2 aliphatic rings. The van der Waals surface area contributed by atoms with Crippen LogP contribution in [0.2, 0.25) is 0 Å². The van der Waals surface area contributed by atoms with E-state index in [-0.39, 0.29) is 0 Å². The van der Waals surface area contributed by atoms with E-state index in [0.29, 0.717) is 0 Å². The molecule has 2 fully saturated rings. The first kappa shape index (κ1) is 10.4. The molecule has 0 amide bonds. The summed E-state index contributed by atoms with van der Waals surface area (Å²) in [4.78, 5) is 5.18. The highest BCUT2D eigenvalue weighted by molar-refractivity contribution is 4.94. The lowest BCUT2D eigenvalue weighted by atomic mass is 9.68. The monoisotopic (exact) mass is 196 g/mol. The molecule has 3 unspecified atom stereocenters. The summed E-state index contributed by atoms with van der Waals surface area (Å²) in [6.07, 6.45) is 2.84. The van der Waals surface area contributed by atoms with E-state index in [1.807, 2.05) is 0 Å². The number of rotatable bonds is 2. The molecule has 1 heterocycles. The van der Waals surface area contributed by atoms with Crippen molar-refractivity contribution >= 4 is 0 Å². The molecule has 0 aromatic rings. The Labute approximate surface area is 88.3 Å². The number of hydrogen-bond acceptors (Lipinski definition) is 2. The lowest BCUT2D eigenvalue weighted by molar-refractivity contribution is -0.0178. The van der Waals surface area contributed by atoms with Crippen molar-refractivity contribution in [1.29, 1.82) is 0 Å². The van der Waals surface area contributed by atoms with E-state index >= 15 is 0 Å². The van der Waals surface area contributed by atoms with Gasteiger partial charge < -0.3 is 4.90 Å². The zero-order valence-electron chi connectivity index (χ0n) is 9.87. The van der Waals surface area contributed by atoms with E-state index in [2.05, 4.69) is 30.7 Å². The minimum Gasteiger partial charge on any atom is -0.304 e. The van der Waals surface area contributed by atoms with Crippen LogP contribution in [0.4, 0.5) is 0 Å². The van der Waals surface area contributed by atoms with E-state index in [0.717, 1.165) is 17.9 Å². The zero-order valence-corrected chi connectivity index (χ0v) is 9.87. The smallest absolute Gasteiger partial charge is 0.0150 e. The first-order valence-electron chi connectivity index (χ1n) is 6.15. The van der Waals surface area contributed by atoms with Gasteiger partial charge in [0.25, 0.3) is 0 Å². The first-order chi connectivity index (χ1) is 6.72. The Morgan fingerprint density at radius 2 is 1.79 bits per heavy atom. The zero-order chi connectivity index (χ0) is 10.1. The second kappa shape index (κ2) is 4.19. The Balaban J connectivity index is 1.88. The molecule has 1 saturated carbocycles. The van der Waals surface area contributed by atoms with Crippen molar-refractivity contribution in [3.8, 4) is 0 Å². The average Bonchev–Trinajstić information content (AvgIpc) is 2.17. The van der Waals surface area contributed by atoms with Crippen LogP contribution in [-0.2, 0) is 0 Å². The van der Waals surface area contributed by atoms with Gasteiger partial charge in [-0.05, 0) is 25.3 Å². The van der Waals surface area contributed by atoms with Gasteiger partial charge in [0.2, 0.25) is 0 Å². The van der Waals surface area contributed by atoms with E-state index in [1.54, 1.807) is 0 Å². The fourth-order valence-electron chi connectivity index (χ4n) is 3.21. The molecule has 3 atom stereocenters. The Kier molecular flexibility index (Phi) is 3.13. The Morgan fingerprint density at radius 1 is 1.14 bits per heavy atom. The van der Waals surface area contributed by atoms with Gasteiger partial charge in [-0.3, -0.25) is 4.90 Å². The molecule has 1 aliphatic heterocycles. The van der Waals surface area contributed by atoms with Gasteiger partial charge in [-0.15, -0.1) is 0 Å². The van der Waals surface area contributed by atoms with Crippen LogP contribution in [0, 0.1) is 11.8 Å². The summed E-state index contributed by atoms with van der Waals surface area (Å²) < 4.78 is 0. The van der Waals surface area contributed by atoms with Crippen LogP contribution < -0.4 is 0 Å². The topological polar surface area (TPSA) is 6.48 Å². The third-order valence-corrected chi connectivity index (χ3v) is 4.22. The van der Waals surface area contributed by atoms with E-state index in [4.69, 9.17) is 0 Å². The van der Waals surface area contributed by atoms with Gasteiger partial charge in [-0.1, -0.05) is 20.3 Å². The van der Waals surface area contributed by atoms with Gasteiger partial charge in [-0.2, -0.15) is 0 Å². The largest absolute Gasteiger partial charge is 0.304 e. The lowest BCUT2D eigenvalue weighted by Crippen LogP contribution is -2.58. The molecule has 2 heteroatoms. The molecular formula is C12H24N2. The lowest BCUT2D eigenvalue weighted by Gasteiger charge is -2.51. The maximum Gasteiger partial charge on any atom is 0.0150 e. The number of nitrogens with zero attached hydrogens (tertiary/aromatic N) is 2. The SMILES string of the molecule is CCC1CC(C)C1N1CCN(C)CC1. The molecule has 82 valence electrons. The fourth-order valence-corrected chi connectivity index (χ4v) is 3.21. The molecule has 1 saturated heterocycles. The van der Waals surface area contributed by atoms with Crippen LogP contribution in [0.5, 0.6) is 0 Å². The second-order valence-corrected chi connectivity index (χ2v) is 5.21. The van der Waals surface area contributed by atoms with Crippen molar-refractivity contribution in [2.45, 2.75) is 32.7 Å². The van der Waals surface area contributed by atoms with Crippen molar-refractivity contribution in [1.82, 2.24) is 9.80 Å². The number of piperazine rings is 1. The molecule has 0 aromatic carbocycles. The second-order valence-electron chi connectivity index (χ2n) is 5.21. The van der Waals surface area contributed by atoms with Crippen LogP contribution in [0.1, 0.15) is 26.7 Å². The molecule has 14 heavy (non-hydrogen) atoms. The summed E-state index contributed by atoms with van der Waals surface area (Å²) in [5.41, 5.74) is 0. The molecule has 0 radical (unpaired) electrons. The Bertz CT molecular complexity index is 185. The van der Waals surface area contributed by atoms with Crippen molar-refractivity contribution in [2.75, 3.05) is 33.2 Å². The summed E-state index contributed by atoms with van der Waals surface area (Å²) in [5.74, 6) is 1.94. The van der Waals surface area contributed by atoms with Crippen LogP contribution >= 0.6 is 0 Å². The van der Waals surface area contributed by atoms with Gasteiger partial charge in [0.1, 0.15) is 0 Å². The molecule has 1 aliphatic carbocycles. The number of hydrogen-bond donors (Lipinski definition) is 0. The molecule has 0 bridgehead atoms. The standard InChI is InChI=1S/C12H24N2/c1-4-11-9-10(2)12(11)14-7-5-13(3)6-8-14/h10-12H,4-9H2,1-3H3. The Hall–Kier alpha value is -0.0800. The molecule has 2 rings (SSSR count). The van der Waals surface area contributed by atoms with E-state index < -0.39 is 0 Å². The predicted octanol–water partition coefficient (Wildman–Crippen LogP) is 1.67. The quantitative estimate of drug-likeness (QED) is 0.663. The van der Waals surface area contributed by atoms with Crippen LogP contribution in [0.25, 0.3) is 0 Å². The Morgan fingerprint density at radius 3 is 2.29 bits per heavy atom. The minimum absolute atomic E-state index is 0.911. The van der Waals surface area contributed by atoms with Crippen LogP contribution in [0.3, 0.4) is 0 Å². The molecular weight excluding hydrogens is 172 g/mol. The van der Waals surface area contributed by atoms with E-state index in [1.165, 1.54) is 39.0 Å². The molecule has 0 N–H and O–H groups in total. The first-order valence-corrected chi connectivity index (χ1v) is 6.15. The van der Waals surface area contributed by atoms with Gasteiger partial charge in [-0.25, -0.2) is 0 Å². The van der Waals surface area contributed by atoms with Gasteiger partial charge in [0, 0.05) is 32.2 Å².